The maximum atomic E-state index is 6.09. The van der Waals surface area contributed by atoms with Crippen LogP contribution in [-0.2, 0) is 16.0 Å². The lowest BCUT2D eigenvalue weighted by Crippen LogP contribution is -2.20. The first kappa shape index (κ1) is 14.4. The Labute approximate surface area is 107 Å². The van der Waals surface area contributed by atoms with Crippen molar-refractivity contribution in [1.82, 2.24) is 9.78 Å². The predicted molar refractivity (Wildman–Crippen MR) is 67.2 cm³/mol. The number of methoxy groups -OCH3 is 1. The number of nitrogens with two attached hydrogens (primary N) is 1. The van der Waals surface area contributed by atoms with Crippen LogP contribution in [0.1, 0.15) is 25.1 Å². The molecule has 17 heavy (non-hydrogen) atoms. The van der Waals surface area contributed by atoms with E-state index in [2.05, 4.69) is 5.10 Å². The summed E-state index contributed by atoms with van der Waals surface area (Å²) < 4.78 is 12.1. The molecule has 0 aromatic carbocycles. The number of hydrogen-bond donors (Lipinski definition) is 1. The molecule has 0 fully saturated rings. The lowest BCUT2D eigenvalue weighted by molar-refractivity contribution is 0.138. The van der Waals surface area contributed by atoms with E-state index in [1.807, 2.05) is 6.92 Å². The standard InChI is InChI=1S/C11H20ClN3O2/c1-3-17-6-4-10(13)11-9(12)8-14-15(11)5-7-16-2/h8,10H,3-7,13H2,1-2H3. The Kier molecular flexibility index (Phi) is 6.50. The van der Waals surface area contributed by atoms with E-state index in [0.717, 1.165) is 12.1 Å². The van der Waals surface area contributed by atoms with Crippen molar-refractivity contribution in [2.75, 3.05) is 26.9 Å². The largest absolute Gasteiger partial charge is 0.383 e. The molecule has 0 aliphatic carbocycles. The van der Waals surface area contributed by atoms with Crippen LogP contribution in [-0.4, -0.2) is 36.7 Å². The highest BCUT2D eigenvalue weighted by atomic mass is 35.5. The first-order valence-corrected chi connectivity index (χ1v) is 6.12. The highest BCUT2D eigenvalue weighted by Crippen LogP contribution is 2.23. The van der Waals surface area contributed by atoms with Crippen molar-refractivity contribution in [3.05, 3.63) is 16.9 Å². The van der Waals surface area contributed by atoms with Gasteiger partial charge in [-0.15, -0.1) is 0 Å². The molecule has 0 spiro atoms. The fourth-order valence-electron chi connectivity index (χ4n) is 1.59. The van der Waals surface area contributed by atoms with Crippen LogP contribution in [0.25, 0.3) is 0 Å². The number of halogens is 1. The lowest BCUT2D eigenvalue weighted by atomic mass is 10.1. The molecule has 98 valence electrons. The number of aromatic nitrogens is 2. The minimum Gasteiger partial charge on any atom is -0.383 e. The van der Waals surface area contributed by atoms with Gasteiger partial charge in [-0.25, -0.2) is 0 Å². The molecular formula is C11H20ClN3O2. The van der Waals surface area contributed by atoms with Gasteiger partial charge >= 0.3 is 0 Å². The van der Waals surface area contributed by atoms with Gasteiger partial charge in [0.2, 0.25) is 0 Å². The summed E-state index contributed by atoms with van der Waals surface area (Å²) in [4.78, 5) is 0. The van der Waals surface area contributed by atoms with Crippen molar-refractivity contribution in [2.45, 2.75) is 25.9 Å². The zero-order valence-electron chi connectivity index (χ0n) is 10.4. The molecule has 1 rings (SSSR count). The van der Waals surface area contributed by atoms with Gasteiger partial charge in [-0.1, -0.05) is 11.6 Å². The van der Waals surface area contributed by atoms with E-state index in [1.165, 1.54) is 0 Å². The first-order chi connectivity index (χ1) is 8.20. The summed E-state index contributed by atoms with van der Waals surface area (Å²) in [6.45, 7) is 4.53. The van der Waals surface area contributed by atoms with Crippen LogP contribution < -0.4 is 5.73 Å². The van der Waals surface area contributed by atoms with Crippen molar-refractivity contribution >= 4 is 11.6 Å². The normalized spacial score (nSPS) is 12.9. The van der Waals surface area contributed by atoms with E-state index in [0.29, 0.717) is 31.4 Å². The van der Waals surface area contributed by atoms with Gasteiger partial charge < -0.3 is 15.2 Å². The monoisotopic (exact) mass is 261 g/mol. The molecule has 1 atom stereocenters. The quantitative estimate of drug-likeness (QED) is 0.722. The molecule has 5 nitrogen and oxygen atoms in total. The van der Waals surface area contributed by atoms with E-state index < -0.39 is 0 Å². The predicted octanol–water partition coefficient (Wildman–Crippen LogP) is 1.61. The van der Waals surface area contributed by atoms with Crippen molar-refractivity contribution in [3.8, 4) is 0 Å². The Morgan fingerprint density at radius 2 is 2.29 bits per heavy atom. The molecule has 1 aromatic rings. The van der Waals surface area contributed by atoms with Crippen LogP contribution in [0.5, 0.6) is 0 Å². The summed E-state index contributed by atoms with van der Waals surface area (Å²) in [7, 11) is 1.65. The minimum atomic E-state index is -0.159. The molecule has 0 saturated heterocycles. The summed E-state index contributed by atoms with van der Waals surface area (Å²) in [5.74, 6) is 0. The number of ether oxygens (including phenoxy) is 2. The van der Waals surface area contributed by atoms with Crippen molar-refractivity contribution in [1.29, 1.82) is 0 Å². The number of rotatable bonds is 8. The second-order valence-corrected chi connectivity index (χ2v) is 4.09. The summed E-state index contributed by atoms with van der Waals surface area (Å²) >= 11 is 6.09. The van der Waals surface area contributed by atoms with Crippen LogP contribution in [0, 0.1) is 0 Å². The Bertz CT molecular complexity index is 331. The molecule has 0 saturated carbocycles. The van der Waals surface area contributed by atoms with Gasteiger partial charge in [0.05, 0.1) is 36.1 Å². The second-order valence-electron chi connectivity index (χ2n) is 3.69. The van der Waals surface area contributed by atoms with Gasteiger partial charge in [0.1, 0.15) is 0 Å². The van der Waals surface area contributed by atoms with Crippen molar-refractivity contribution in [2.24, 2.45) is 5.73 Å². The van der Waals surface area contributed by atoms with Crippen LogP contribution in [0.2, 0.25) is 5.02 Å². The summed E-state index contributed by atoms with van der Waals surface area (Å²) in [6, 6.07) is -0.159. The molecule has 1 unspecified atom stereocenters. The van der Waals surface area contributed by atoms with Gasteiger partial charge in [-0.2, -0.15) is 5.10 Å². The van der Waals surface area contributed by atoms with Gasteiger partial charge in [-0.05, 0) is 13.3 Å². The van der Waals surface area contributed by atoms with E-state index in [-0.39, 0.29) is 6.04 Å². The van der Waals surface area contributed by atoms with Gasteiger partial charge in [0.15, 0.2) is 0 Å². The van der Waals surface area contributed by atoms with Crippen LogP contribution in [0.4, 0.5) is 0 Å². The third-order valence-corrected chi connectivity index (χ3v) is 2.76. The Morgan fingerprint density at radius 1 is 1.53 bits per heavy atom. The topological polar surface area (TPSA) is 62.3 Å². The molecule has 0 bridgehead atoms. The zero-order valence-corrected chi connectivity index (χ0v) is 11.1. The van der Waals surface area contributed by atoms with Crippen LogP contribution >= 0.6 is 11.6 Å². The summed E-state index contributed by atoms with van der Waals surface area (Å²) in [5.41, 5.74) is 6.94. The SMILES string of the molecule is CCOCCC(N)c1c(Cl)cnn1CCOC. The molecule has 0 amide bonds. The smallest absolute Gasteiger partial charge is 0.0834 e. The van der Waals surface area contributed by atoms with Gasteiger partial charge in [-0.3, -0.25) is 4.68 Å². The molecule has 0 radical (unpaired) electrons. The van der Waals surface area contributed by atoms with Crippen LogP contribution in [0.15, 0.2) is 6.20 Å². The Hall–Kier alpha value is -0.620. The zero-order chi connectivity index (χ0) is 12.7. The average molecular weight is 262 g/mol. The summed E-state index contributed by atoms with van der Waals surface area (Å²) in [5, 5.41) is 4.79. The fraction of sp³-hybridized carbons (Fsp3) is 0.727. The van der Waals surface area contributed by atoms with Gasteiger partial charge in [0.25, 0.3) is 0 Å². The van der Waals surface area contributed by atoms with Crippen molar-refractivity contribution in [3.63, 3.8) is 0 Å². The number of nitrogens with zero attached hydrogens (tertiary/aromatic N) is 2. The Balaban J connectivity index is 2.63. The molecule has 1 heterocycles. The fourth-order valence-corrected chi connectivity index (χ4v) is 1.87. The molecule has 1 aromatic heterocycles. The van der Waals surface area contributed by atoms with E-state index in [9.17, 15) is 0 Å². The lowest BCUT2D eigenvalue weighted by Gasteiger charge is -2.14. The highest BCUT2D eigenvalue weighted by Gasteiger charge is 2.16. The molecule has 0 aliphatic heterocycles. The second kappa shape index (κ2) is 7.66. The van der Waals surface area contributed by atoms with Crippen LogP contribution in [0.3, 0.4) is 0 Å². The van der Waals surface area contributed by atoms with Gasteiger partial charge in [0, 0.05) is 20.3 Å². The molecular weight excluding hydrogens is 242 g/mol. The summed E-state index contributed by atoms with van der Waals surface area (Å²) in [6.07, 6.45) is 2.35. The average Bonchev–Trinajstić information content (AvgIpc) is 2.68. The third kappa shape index (κ3) is 4.27. The Morgan fingerprint density at radius 3 is 2.94 bits per heavy atom. The van der Waals surface area contributed by atoms with E-state index in [4.69, 9.17) is 26.8 Å². The van der Waals surface area contributed by atoms with E-state index in [1.54, 1.807) is 18.0 Å². The molecule has 6 heteroatoms. The maximum Gasteiger partial charge on any atom is 0.0834 e. The number of hydrogen-bond acceptors (Lipinski definition) is 4. The third-order valence-electron chi connectivity index (χ3n) is 2.47. The van der Waals surface area contributed by atoms with E-state index >= 15 is 0 Å². The molecule has 2 N–H and O–H groups in total. The van der Waals surface area contributed by atoms with Crippen molar-refractivity contribution < 1.29 is 9.47 Å². The highest BCUT2D eigenvalue weighted by molar-refractivity contribution is 6.31. The minimum absolute atomic E-state index is 0.159. The molecule has 0 aliphatic rings. The maximum absolute atomic E-state index is 6.09. The first-order valence-electron chi connectivity index (χ1n) is 5.74.